The second kappa shape index (κ2) is 10.3. The smallest absolute Gasteiger partial charge is 0.191 e. The number of likely N-dealkylation sites (N-methyl/N-ethyl adjacent to an activating group) is 1. The zero-order chi connectivity index (χ0) is 18.2. The molecule has 2 aliphatic heterocycles. The molecule has 2 rings (SSSR count). The molecule has 0 radical (unpaired) electrons. The normalized spacial score (nSPS) is 23.8. The highest BCUT2D eigenvalue weighted by atomic mass is 15.3. The lowest BCUT2D eigenvalue weighted by atomic mass is 10.0. The Morgan fingerprint density at radius 2 is 1.64 bits per heavy atom. The monoisotopic (exact) mass is 352 g/mol. The van der Waals surface area contributed by atoms with E-state index >= 15 is 0 Å². The van der Waals surface area contributed by atoms with E-state index in [2.05, 4.69) is 60.1 Å². The summed E-state index contributed by atoms with van der Waals surface area (Å²) in [6.45, 7) is 17.8. The predicted molar refractivity (Wildman–Crippen MR) is 107 cm³/mol. The Balaban J connectivity index is 1.80. The maximum absolute atomic E-state index is 4.88. The maximum atomic E-state index is 4.88. The standard InChI is InChI=1S/C19H40N6/c1-6-20-19(22-18-7-9-24(10-8-18)16(2)3)21-15-17(4)25-13-11-23(5)12-14-25/h16-18H,6-15H2,1-5H3,(H2,20,21,22). The predicted octanol–water partition coefficient (Wildman–Crippen LogP) is 1.05. The summed E-state index contributed by atoms with van der Waals surface area (Å²) in [4.78, 5) is 12.4. The quantitative estimate of drug-likeness (QED) is 0.553. The Morgan fingerprint density at radius 3 is 2.20 bits per heavy atom. The van der Waals surface area contributed by atoms with Crippen molar-refractivity contribution in [1.29, 1.82) is 0 Å². The van der Waals surface area contributed by atoms with Crippen LogP contribution >= 0.6 is 0 Å². The van der Waals surface area contributed by atoms with Gasteiger partial charge < -0.3 is 20.4 Å². The molecule has 0 aromatic heterocycles. The molecular formula is C19H40N6. The molecule has 2 saturated heterocycles. The van der Waals surface area contributed by atoms with Gasteiger partial charge in [0.2, 0.25) is 0 Å². The molecule has 0 spiro atoms. The zero-order valence-corrected chi connectivity index (χ0v) is 17.1. The molecule has 6 nitrogen and oxygen atoms in total. The topological polar surface area (TPSA) is 46.1 Å². The highest BCUT2D eigenvalue weighted by molar-refractivity contribution is 5.80. The molecule has 25 heavy (non-hydrogen) atoms. The summed E-state index contributed by atoms with van der Waals surface area (Å²) in [5.41, 5.74) is 0. The summed E-state index contributed by atoms with van der Waals surface area (Å²) in [6.07, 6.45) is 2.41. The van der Waals surface area contributed by atoms with Gasteiger partial charge in [-0.3, -0.25) is 9.89 Å². The largest absolute Gasteiger partial charge is 0.357 e. The lowest BCUT2D eigenvalue weighted by Crippen LogP contribution is -2.51. The van der Waals surface area contributed by atoms with Gasteiger partial charge >= 0.3 is 0 Å². The van der Waals surface area contributed by atoms with E-state index in [9.17, 15) is 0 Å². The molecule has 0 saturated carbocycles. The molecule has 1 unspecified atom stereocenters. The van der Waals surface area contributed by atoms with Gasteiger partial charge in [-0.25, -0.2) is 0 Å². The van der Waals surface area contributed by atoms with Gasteiger partial charge in [0.25, 0.3) is 0 Å². The minimum Gasteiger partial charge on any atom is -0.357 e. The average Bonchev–Trinajstić information content (AvgIpc) is 2.60. The third kappa shape index (κ3) is 6.76. The van der Waals surface area contributed by atoms with E-state index < -0.39 is 0 Å². The third-order valence-electron chi connectivity index (χ3n) is 5.62. The van der Waals surface area contributed by atoms with Crippen LogP contribution in [0.25, 0.3) is 0 Å². The molecule has 1 atom stereocenters. The summed E-state index contributed by atoms with van der Waals surface area (Å²) in [7, 11) is 2.21. The van der Waals surface area contributed by atoms with Gasteiger partial charge in [0.1, 0.15) is 0 Å². The SMILES string of the molecule is CCNC(=NCC(C)N1CCN(C)CC1)NC1CCN(C(C)C)CC1. The molecule has 0 amide bonds. The summed E-state index contributed by atoms with van der Waals surface area (Å²) in [5.74, 6) is 0.992. The Kier molecular flexibility index (Phi) is 8.46. The zero-order valence-electron chi connectivity index (χ0n) is 17.1. The molecule has 6 heteroatoms. The van der Waals surface area contributed by atoms with Gasteiger partial charge in [-0.05, 0) is 47.6 Å². The van der Waals surface area contributed by atoms with Crippen molar-refractivity contribution in [2.75, 3.05) is 59.4 Å². The number of likely N-dealkylation sites (tertiary alicyclic amines) is 1. The lowest BCUT2D eigenvalue weighted by Gasteiger charge is -2.36. The Bertz CT molecular complexity index is 395. The van der Waals surface area contributed by atoms with Crippen LogP contribution in [0, 0.1) is 0 Å². The van der Waals surface area contributed by atoms with Crippen LogP contribution in [0.1, 0.15) is 40.5 Å². The van der Waals surface area contributed by atoms with E-state index in [1.54, 1.807) is 0 Å². The first-order chi connectivity index (χ1) is 12.0. The van der Waals surface area contributed by atoms with Gasteiger partial charge in [-0.2, -0.15) is 0 Å². The lowest BCUT2D eigenvalue weighted by molar-refractivity contribution is 0.122. The van der Waals surface area contributed by atoms with Crippen LogP contribution in [-0.4, -0.2) is 98.2 Å². The van der Waals surface area contributed by atoms with E-state index in [1.165, 1.54) is 39.0 Å². The van der Waals surface area contributed by atoms with E-state index in [-0.39, 0.29) is 0 Å². The third-order valence-corrected chi connectivity index (χ3v) is 5.62. The molecule has 2 heterocycles. The van der Waals surface area contributed by atoms with Crippen LogP contribution in [0.2, 0.25) is 0 Å². The number of nitrogens with one attached hydrogen (secondary N) is 2. The second-order valence-corrected chi connectivity index (χ2v) is 7.96. The van der Waals surface area contributed by atoms with Crippen molar-refractivity contribution in [3.63, 3.8) is 0 Å². The fourth-order valence-corrected chi connectivity index (χ4v) is 3.68. The van der Waals surface area contributed by atoms with E-state index in [1.807, 2.05) is 0 Å². The number of hydrogen-bond donors (Lipinski definition) is 2. The van der Waals surface area contributed by atoms with Crippen LogP contribution in [-0.2, 0) is 0 Å². The highest BCUT2D eigenvalue weighted by Crippen LogP contribution is 2.13. The molecule has 2 fully saturated rings. The van der Waals surface area contributed by atoms with Crippen molar-refractivity contribution >= 4 is 5.96 Å². The molecule has 146 valence electrons. The number of piperazine rings is 1. The second-order valence-electron chi connectivity index (χ2n) is 7.96. The molecule has 2 aliphatic rings. The van der Waals surface area contributed by atoms with Crippen molar-refractivity contribution in [3.8, 4) is 0 Å². The summed E-state index contributed by atoms with van der Waals surface area (Å²) < 4.78 is 0. The Hall–Kier alpha value is -0.850. The molecule has 0 bridgehead atoms. The molecule has 2 N–H and O–H groups in total. The van der Waals surface area contributed by atoms with Gasteiger partial charge in [-0.1, -0.05) is 0 Å². The number of guanidine groups is 1. The molecule has 0 aromatic carbocycles. The van der Waals surface area contributed by atoms with Gasteiger partial charge in [-0.15, -0.1) is 0 Å². The number of aliphatic imine (C=N–C) groups is 1. The van der Waals surface area contributed by atoms with Gasteiger partial charge in [0.05, 0.1) is 6.54 Å². The van der Waals surface area contributed by atoms with Crippen molar-refractivity contribution in [2.45, 2.75) is 58.7 Å². The van der Waals surface area contributed by atoms with Crippen LogP contribution in [0.3, 0.4) is 0 Å². The first-order valence-electron chi connectivity index (χ1n) is 10.2. The van der Waals surface area contributed by atoms with Crippen LogP contribution in [0.5, 0.6) is 0 Å². The molecule has 0 aliphatic carbocycles. The average molecular weight is 353 g/mol. The maximum Gasteiger partial charge on any atom is 0.191 e. The summed E-state index contributed by atoms with van der Waals surface area (Å²) in [6, 6.07) is 1.71. The number of rotatable bonds is 6. The Labute approximate surface area is 155 Å². The number of hydrogen-bond acceptors (Lipinski definition) is 4. The van der Waals surface area contributed by atoms with Crippen LogP contribution < -0.4 is 10.6 Å². The fourth-order valence-electron chi connectivity index (χ4n) is 3.68. The number of piperidine rings is 1. The van der Waals surface area contributed by atoms with Gasteiger partial charge in [0.15, 0.2) is 5.96 Å². The van der Waals surface area contributed by atoms with Crippen molar-refractivity contribution in [1.82, 2.24) is 25.3 Å². The minimum atomic E-state index is 0.506. The summed E-state index contributed by atoms with van der Waals surface area (Å²) >= 11 is 0. The van der Waals surface area contributed by atoms with Crippen molar-refractivity contribution in [2.24, 2.45) is 4.99 Å². The fraction of sp³-hybridized carbons (Fsp3) is 0.947. The van der Waals surface area contributed by atoms with E-state index in [0.29, 0.717) is 18.1 Å². The van der Waals surface area contributed by atoms with E-state index in [4.69, 9.17) is 4.99 Å². The van der Waals surface area contributed by atoms with Crippen LogP contribution in [0.4, 0.5) is 0 Å². The van der Waals surface area contributed by atoms with Crippen LogP contribution in [0.15, 0.2) is 4.99 Å². The Morgan fingerprint density at radius 1 is 1.00 bits per heavy atom. The van der Waals surface area contributed by atoms with Crippen molar-refractivity contribution < 1.29 is 0 Å². The summed E-state index contributed by atoms with van der Waals surface area (Å²) in [5, 5.41) is 7.09. The number of nitrogens with zero attached hydrogens (tertiary/aromatic N) is 4. The minimum absolute atomic E-state index is 0.506. The first kappa shape index (κ1) is 20.5. The molecule has 0 aromatic rings. The highest BCUT2D eigenvalue weighted by Gasteiger charge is 2.22. The molecular weight excluding hydrogens is 312 g/mol. The van der Waals surface area contributed by atoms with E-state index in [0.717, 1.165) is 32.1 Å². The van der Waals surface area contributed by atoms with Crippen molar-refractivity contribution in [3.05, 3.63) is 0 Å². The first-order valence-corrected chi connectivity index (χ1v) is 10.2. The van der Waals surface area contributed by atoms with Gasteiger partial charge in [0, 0.05) is 63.9 Å².